The summed E-state index contributed by atoms with van der Waals surface area (Å²) in [4.78, 5) is 10.8. The van der Waals surface area contributed by atoms with E-state index < -0.39 is 0 Å². The normalized spacial score (nSPS) is 12.0. The minimum atomic E-state index is 0.663. The average Bonchev–Trinajstić information content (AvgIpc) is 4.16. The van der Waals surface area contributed by atoms with E-state index in [1.54, 1.807) is 0 Å². The van der Waals surface area contributed by atoms with Gasteiger partial charge in [-0.25, -0.2) is 9.97 Å². The van der Waals surface area contributed by atoms with Crippen molar-refractivity contribution in [3.63, 3.8) is 0 Å². The molecule has 15 aromatic rings. The van der Waals surface area contributed by atoms with Crippen LogP contribution in [0.25, 0.3) is 133 Å². The maximum absolute atomic E-state index is 5.43. The van der Waals surface area contributed by atoms with Gasteiger partial charge in [0, 0.05) is 66.0 Å². The van der Waals surface area contributed by atoms with Crippen molar-refractivity contribution in [1.82, 2.24) is 28.2 Å². The van der Waals surface area contributed by atoms with Crippen LogP contribution in [0.2, 0.25) is 0 Å². The highest BCUT2D eigenvalue weighted by Gasteiger charge is 2.23. The Bertz CT molecular complexity index is 4500. The third kappa shape index (κ3) is 5.56. The van der Waals surface area contributed by atoms with E-state index in [4.69, 9.17) is 9.97 Å². The minimum Gasteiger partial charge on any atom is -0.309 e. The van der Waals surface area contributed by atoms with E-state index in [0.29, 0.717) is 5.82 Å². The minimum absolute atomic E-state index is 0.663. The predicted octanol–water partition coefficient (Wildman–Crippen LogP) is 16.2. The molecule has 0 saturated heterocycles. The molecule has 0 aliphatic heterocycles. The van der Waals surface area contributed by atoms with Gasteiger partial charge in [0.1, 0.15) is 5.82 Å². The van der Waals surface area contributed by atoms with Gasteiger partial charge in [-0.1, -0.05) is 164 Å². The summed E-state index contributed by atoms with van der Waals surface area (Å²) in [7, 11) is 0. The van der Waals surface area contributed by atoms with Crippen LogP contribution in [0, 0.1) is 0 Å². The van der Waals surface area contributed by atoms with Crippen molar-refractivity contribution in [3.05, 3.63) is 243 Å². The number of nitrogens with zero attached hydrogens (tertiary/aromatic N) is 6. The van der Waals surface area contributed by atoms with Crippen LogP contribution < -0.4 is 0 Å². The van der Waals surface area contributed by atoms with Gasteiger partial charge in [-0.2, -0.15) is 0 Å². The van der Waals surface area contributed by atoms with E-state index in [1.165, 1.54) is 59.8 Å². The first-order valence-corrected chi connectivity index (χ1v) is 23.8. The van der Waals surface area contributed by atoms with Gasteiger partial charge in [0.15, 0.2) is 5.82 Å². The average molecular weight is 893 g/mol. The summed E-state index contributed by atoms with van der Waals surface area (Å²) in [6, 6.07) is 87.2. The molecule has 0 aliphatic carbocycles. The van der Waals surface area contributed by atoms with Crippen molar-refractivity contribution in [1.29, 1.82) is 0 Å². The summed E-state index contributed by atoms with van der Waals surface area (Å²) in [5.41, 5.74) is 15.3. The van der Waals surface area contributed by atoms with E-state index >= 15 is 0 Å². The van der Waals surface area contributed by atoms with Crippen molar-refractivity contribution in [3.8, 4) is 45.5 Å². The van der Waals surface area contributed by atoms with Crippen LogP contribution >= 0.6 is 0 Å². The van der Waals surface area contributed by atoms with Crippen molar-refractivity contribution in [2.24, 2.45) is 0 Å². The van der Waals surface area contributed by atoms with E-state index in [1.807, 2.05) is 6.07 Å². The standard InChI is InChI=1S/C64H40N6/c1-2-19-41(20-3-1)64-65-50(40-61(66-64)70-56-34-15-9-28-49(56)63-59(37-18-38-60(63)70)69-53-31-12-6-25-46(53)47-26-7-13-32-54(47)69)42-21-16-22-43(39-42)67-55-33-14-8-27-48(55)62-57(67)35-17-36-58(62)68-51-29-10-4-23-44(51)45-24-5-11-30-52(45)68/h1-40H. The third-order valence-corrected chi connectivity index (χ3v) is 14.4. The Morgan fingerprint density at radius 2 is 0.643 bits per heavy atom. The summed E-state index contributed by atoms with van der Waals surface area (Å²) in [5.74, 6) is 1.46. The number of fused-ring (bicyclic) bond motifs is 12. The fraction of sp³-hybridized carbons (Fsp3) is 0. The Kier molecular flexibility index (Phi) is 8.26. The number of hydrogen-bond donors (Lipinski definition) is 0. The van der Waals surface area contributed by atoms with Crippen molar-refractivity contribution >= 4 is 87.2 Å². The number of hydrogen-bond acceptors (Lipinski definition) is 2. The zero-order valence-electron chi connectivity index (χ0n) is 37.8. The van der Waals surface area contributed by atoms with Crippen LogP contribution in [-0.4, -0.2) is 28.2 Å². The Labute approximate surface area is 401 Å². The zero-order valence-corrected chi connectivity index (χ0v) is 37.8. The maximum atomic E-state index is 5.43. The maximum Gasteiger partial charge on any atom is 0.162 e. The molecule has 0 spiro atoms. The summed E-state index contributed by atoms with van der Waals surface area (Å²) in [6.45, 7) is 0. The highest BCUT2D eigenvalue weighted by Crippen LogP contribution is 2.43. The van der Waals surface area contributed by atoms with E-state index in [0.717, 1.165) is 67.2 Å². The first kappa shape index (κ1) is 38.6. The van der Waals surface area contributed by atoms with Crippen LogP contribution in [0.4, 0.5) is 0 Å². The molecule has 0 bridgehead atoms. The number of para-hydroxylation sites is 6. The lowest BCUT2D eigenvalue weighted by Crippen LogP contribution is -2.03. The van der Waals surface area contributed by atoms with Gasteiger partial charge in [0.2, 0.25) is 0 Å². The topological polar surface area (TPSA) is 45.5 Å². The molecule has 15 rings (SSSR count). The molecule has 70 heavy (non-hydrogen) atoms. The first-order chi connectivity index (χ1) is 34.8. The first-order valence-electron chi connectivity index (χ1n) is 23.8. The zero-order chi connectivity index (χ0) is 45.9. The molecule has 0 amide bonds. The monoisotopic (exact) mass is 892 g/mol. The second-order valence-electron chi connectivity index (χ2n) is 18.1. The Morgan fingerprint density at radius 3 is 1.16 bits per heavy atom. The fourth-order valence-corrected chi connectivity index (χ4v) is 11.5. The Hall–Kier alpha value is -9.52. The molecular formula is C64H40N6. The molecule has 6 heteroatoms. The van der Waals surface area contributed by atoms with Crippen molar-refractivity contribution in [2.75, 3.05) is 0 Å². The van der Waals surface area contributed by atoms with Gasteiger partial charge >= 0.3 is 0 Å². The lowest BCUT2D eigenvalue weighted by Gasteiger charge is -2.14. The SMILES string of the molecule is c1ccc(-c2nc(-c3cccc(-n4c5ccccc5c5c(-n6c7ccccc7c7ccccc76)cccc54)c3)cc(-n3c4ccccc4c4c(-n5c6ccccc6c6ccccc65)cccc43)n2)cc1. The molecule has 0 saturated carbocycles. The van der Waals surface area contributed by atoms with Gasteiger partial charge < -0.3 is 13.7 Å². The van der Waals surface area contributed by atoms with Gasteiger partial charge in [-0.15, -0.1) is 0 Å². The summed E-state index contributed by atoms with van der Waals surface area (Å²) in [6.07, 6.45) is 0. The van der Waals surface area contributed by atoms with Crippen molar-refractivity contribution in [2.45, 2.75) is 0 Å². The summed E-state index contributed by atoms with van der Waals surface area (Å²) in [5, 5.41) is 9.69. The van der Waals surface area contributed by atoms with Crippen LogP contribution in [0.5, 0.6) is 0 Å². The molecule has 0 atom stereocenters. The molecule has 0 aliphatic rings. The molecule has 326 valence electrons. The summed E-state index contributed by atoms with van der Waals surface area (Å²) < 4.78 is 9.60. The van der Waals surface area contributed by atoms with Gasteiger partial charge in [-0.3, -0.25) is 4.57 Å². The molecule has 0 radical (unpaired) electrons. The fourth-order valence-electron chi connectivity index (χ4n) is 11.5. The number of rotatable bonds is 6. The largest absolute Gasteiger partial charge is 0.309 e. The van der Waals surface area contributed by atoms with E-state index in [2.05, 4.69) is 255 Å². The molecule has 0 fully saturated rings. The van der Waals surface area contributed by atoms with Crippen molar-refractivity contribution < 1.29 is 0 Å². The van der Waals surface area contributed by atoms with Crippen LogP contribution in [-0.2, 0) is 0 Å². The van der Waals surface area contributed by atoms with E-state index in [9.17, 15) is 0 Å². The van der Waals surface area contributed by atoms with Crippen LogP contribution in [0.15, 0.2) is 243 Å². The Balaban J connectivity index is 0.953. The lowest BCUT2D eigenvalue weighted by molar-refractivity contribution is 1.05. The second-order valence-corrected chi connectivity index (χ2v) is 18.1. The summed E-state index contributed by atoms with van der Waals surface area (Å²) >= 11 is 0. The van der Waals surface area contributed by atoms with Gasteiger partial charge in [0.05, 0.1) is 61.2 Å². The predicted molar refractivity (Wildman–Crippen MR) is 290 cm³/mol. The lowest BCUT2D eigenvalue weighted by atomic mass is 10.1. The van der Waals surface area contributed by atoms with Crippen LogP contribution in [0.3, 0.4) is 0 Å². The molecule has 0 unspecified atom stereocenters. The second kappa shape index (κ2) is 15.0. The highest BCUT2D eigenvalue weighted by atomic mass is 15.1. The molecular weight excluding hydrogens is 853 g/mol. The molecule has 5 aromatic heterocycles. The quantitative estimate of drug-likeness (QED) is 0.167. The van der Waals surface area contributed by atoms with E-state index in [-0.39, 0.29) is 0 Å². The third-order valence-electron chi connectivity index (χ3n) is 14.4. The molecule has 10 aromatic carbocycles. The van der Waals surface area contributed by atoms with Gasteiger partial charge in [0.25, 0.3) is 0 Å². The number of aromatic nitrogens is 6. The highest BCUT2D eigenvalue weighted by molar-refractivity contribution is 6.18. The molecule has 6 nitrogen and oxygen atoms in total. The van der Waals surface area contributed by atoms with Crippen LogP contribution in [0.1, 0.15) is 0 Å². The molecule has 5 heterocycles. The van der Waals surface area contributed by atoms with Gasteiger partial charge in [-0.05, 0) is 72.8 Å². The number of benzene rings is 10. The molecule has 0 N–H and O–H groups in total. The Morgan fingerprint density at radius 1 is 0.257 bits per heavy atom. The smallest absolute Gasteiger partial charge is 0.162 e.